The van der Waals surface area contributed by atoms with Crippen molar-refractivity contribution < 1.29 is 28.6 Å². The molecule has 2 aromatic carbocycles. The maximum Gasteiger partial charge on any atom is 0.338 e. The van der Waals surface area contributed by atoms with E-state index in [1.165, 1.54) is 19.2 Å². The fourth-order valence-electron chi connectivity index (χ4n) is 2.65. The fourth-order valence-corrected chi connectivity index (χ4v) is 2.65. The van der Waals surface area contributed by atoms with Crippen molar-refractivity contribution >= 4 is 17.9 Å². The number of imide groups is 1. The molecule has 0 spiro atoms. The van der Waals surface area contributed by atoms with Gasteiger partial charge in [0.2, 0.25) is 0 Å². The van der Waals surface area contributed by atoms with Crippen molar-refractivity contribution in [2.75, 3.05) is 26.8 Å². The van der Waals surface area contributed by atoms with Crippen molar-refractivity contribution in [2.45, 2.75) is 6.61 Å². The lowest BCUT2D eigenvalue weighted by Gasteiger charge is -2.13. The lowest BCUT2D eigenvalue weighted by atomic mass is 10.2. The first-order valence-electron chi connectivity index (χ1n) is 8.68. The lowest BCUT2D eigenvalue weighted by Crippen LogP contribution is -2.37. The molecule has 8 nitrogen and oxygen atoms in total. The number of nitrogens with zero attached hydrogens (tertiary/aromatic N) is 1. The van der Waals surface area contributed by atoms with E-state index in [2.05, 4.69) is 5.32 Å². The Balaban J connectivity index is 1.59. The minimum atomic E-state index is -0.694. The molecular weight excluding hydrogens is 364 g/mol. The molecule has 0 bridgehead atoms. The molecule has 0 unspecified atom stereocenters. The highest BCUT2D eigenvalue weighted by atomic mass is 16.5. The van der Waals surface area contributed by atoms with E-state index in [0.717, 1.165) is 10.5 Å². The number of amides is 3. The first-order chi connectivity index (χ1) is 13.6. The SMILES string of the molecule is COc1cc(C(=O)OCC(=O)N2CCNC2=O)ccc1OCc1ccccc1. The van der Waals surface area contributed by atoms with Gasteiger partial charge in [-0.15, -0.1) is 0 Å². The van der Waals surface area contributed by atoms with Gasteiger partial charge in [0.25, 0.3) is 5.91 Å². The molecule has 1 saturated heterocycles. The van der Waals surface area contributed by atoms with Crippen LogP contribution in [0.2, 0.25) is 0 Å². The van der Waals surface area contributed by atoms with Gasteiger partial charge in [-0.2, -0.15) is 0 Å². The van der Waals surface area contributed by atoms with Gasteiger partial charge in [-0.05, 0) is 23.8 Å². The van der Waals surface area contributed by atoms with Crippen molar-refractivity contribution in [1.82, 2.24) is 10.2 Å². The molecular formula is C20H20N2O6. The van der Waals surface area contributed by atoms with Gasteiger partial charge in [0.05, 0.1) is 12.7 Å². The second-order valence-corrected chi connectivity index (χ2v) is 5.99. The monoisotopic (exact) mass is 384 g/mol. The summed E-state index contributed by atoms with van der Waals surface area (Å²) in [6, 6.07) is 13.8. The molecule has 0 atom stereocenters. The third kappa shape index (κ3) is 4.59. The van der Waals surface area contributed by atoms with Gasteiger partial charge in [-0.1, -0.05) is 30.3 Å². The van der Waals surface area contributed by atoms with Gasteiger partial charge in [0, 0.05) is 13.1 Å². The van der Waals surface area contributed by atoms with E-state index in [-0.39, 0.29) is 12.1 Å². The number of methoxy groups -OCH3 is 1. The molecule has 28 heavy (non-hydrogen) atoms. The number of urea groups is 1. The third-order valence-electron chi connectivity index (χ3n) is 4.12. The molecule has 0 radical (unpaired) electrons. The topological polar surface area (TPSA) is 94.2 Å². The Bertz CT molecular complexity index is 868. The van der Waals surface area contributed by atoms with Gasteiger partial charge >= 0.3 is 12.0 Å². The van der Waals surface area contributed by atoms with Gasteiger partial charge < -0.3 is 19.5 Å². The van der Waals surface area contributed by atoms with Gasteiger partial charge in [-0.3, -0.25) is 9.69 Å². The summed E-state index contributed by atoms with van der Waals surface area (Å²) in [5, 5.41) is 2.51. The molecule has 1 aliphatic heterocycles. The summed E-state index contributed by atoms with van der Waals surface area (Å²) >= 11 is 0. The number of benzene rings is 2. The summed E-state index contributed by atoms with van der Waals surface area (Å²) in [6.07, 6.45) is 0. The van der Waals surface area contributed by atoms with Crippen molar-refractivity contribution in [2.24, 2.45) is 0 Å². The van der Waals surface area contributed by atoms with Crippen LogP contribution < -0.4 is 14.8 Å². The number of hydrogen-bond acceptors (Lipinski definition) is 6. The van der Waals surface area contributed by atoms with Crippen molar-refractivity contribution in [3.63, 3.8) is 0 Å². The van der Waals surface area contributed by atoms with E-state index in [9.17, 15) is 14.4 Å². The Kier molecular flexibility index (Phi) is 6.11. The number of esters is 1. The highest BCUT2D eigenvalue weighted by Crippen LogP contribution is 2.29. The largest absolute Gasteiger partial charge is 0.493 e. The Morgan fingerprint density at radius 2 is 1.89 bits per heavy atom. The molecule has 146 valence electrons. The van der Waals surface area contributed by atoms with E-state index in [0.29, 0.717) is 24.7 Å². The van der Waals surface area contributed by atoms with Gasteiger partial charge in [-0.25, -0.2) is 9.59 Å². The molecule has 0 saturated carbocycles. The highest BCUT2D eigenvalue weighted by molar-refractivity contribution is 5.98. The van der Waals surface area contributed by atoms with Crippen LogP contribution in [0, 0.1) is 0 Å². The fraction of sp³-hybridized carbons (Fsp3) is 0.250. The van der Waals surface area contributed by atoms with Crippen LogP contribution >= 0.6 is 0 Å². The van der Waals surface area contributed by atoms with Gasteiger partial charge in [0.15, 0.2) is 18.1 Å². The Hall–Kier alpha value is -3.55. The summed E-state index contributed by atoms with van der Waals surface area (Å²) in [4.78, 5) is 36.6. The highest BCUT2D eigenvalue weighted by Gasteiger charge is 2.27. The normalized spacial score (nSPS) is 13.0. The van der Waals surface area contributed by atoms with Crippen LogP contribution in [0.4, 0.5) is 4.79 Å². The zero-order chi connectivity index (χ0) is 19.9. The zero-order valence-electron chi connectivity index (χ0n) is 15.3. The molecule has 1 aliphatic rings. The van der Waals surface area contributed by atoms with E-state index >= 15 is 0 Å². The van der Waals surface area contributed by atoms with Crippen LogP contribution in [0.25, 0.3) is 0 Å². The minimum Gasteiger partial charge on any atom is -0.493 e. The molecule has 3 rings (SSSR count). The van der Waals surface area contributed by atoms with E-state index in [1.54, 1.807) is 6.07 Å². The second kappa shape index (κ2) is 8.90. The zero-order valence-corrected chi connectivity index (χ0v) is 15.3. The van der Waals surface area contributed by atoms with Crippen molar-refractivity contribution in [1.29, 1.82) is 0 Å². The van der Waals surface area contributed by atoms with Crippen LogP contribution in [0.15, 0.2) is 48.5 Å². The standard InChI is InChI=1S/C20H20N2O6/c1-26-17-11-15(7-8-16(17)27-12-14-5-3-2-4-6-14)19(24)28-13-18(23)22-10-9-21-20(22)25/h2-8,11H,9-10,12-13H2,1H3,(H,21,25). The first kappa shape index (κ1) is 19.2. The number of hydrogen-bond donors (Lipinski definition) is 1. The van der Waals surface area contributed by atoms with Crippen LogP contribution in [0.1, 0.15) is 15.9 Å². The molecule has 1 N–H and O–H groups in total. The maximum atomic E-state index is 12.2. The van der Waals surface area contributed by atoms with Gasteiger partial charge in [0.1, 0.15) is 6.61 Å². The third-order valence-corrected chi connectivity index (χ3v) is 4.12. The Labute approximate surface area is 162 Å². The Morgan fingerprint density at radius 1 is 1.11 bits per heavy atom. The quantitative estimate of drug-likeness (QED) is 0.734. The number of ether oxygens (including phenoxy) is 3. The molecule has 1 heterocycles. The second-order valence-electron chi connectivity index (χ2n) is 5.99. The number of carbonyl (C=O) groups excluding carboxylic acids is 3. The lowest BCUT2D eigenvalue weighted by molar-refractivity contribution is -0.130. The summed E-state index contributed by atoms with van der Waals surface area (Å²) < 4.78 is 16.0. The van der Waals surface area contributed by atoms with Crippen LogP contribution in [-0.4, -0.2) is 49.6 Å². The molecule has 1 fully saturated rings. The minimum absolute atomic E-state index is 0.211. The molecule has 8 heteroatoms. The van der Waals surface area contributed by atoms with Crippen LogP contribution in [0.5, 0.6) is 11.5 Å². The predicted molar refractivity (Wildman–Crippen MR) is 99.2 cm³/mol. The van der Waals surface area contributed by atoms with Crippen molar-refractivity contribution in [3.8, 4) is 11.5 Å². The smallest absolute Gasteiger partial charge is 0.338 e. The average Bonchev–Trinajstić information content (AvgIpc) is 3.16. The summed E-state index contributed by atoms with van der Waals surface area (Å²) in [5.74, 6) is -0.415. The van der Waals surface area contributed by atoms with E-state index in [4.69, 9.17) is 14.2 Å². The maximum absolute atomic E-state index is 12.2. The first-order valence-corrected chi connectivity index (χ1v) is 8.68. The Morgan fingerprint density at radius 3 is 2.57 bits per heavy atom. The molecule has 0 aromatic heterocycles. The summed E-state index contributed by atoms with van der Waals surface area (Å²) in [6.45, 7) is 0.491. The number of rotatable bonds is 7. The molecule has 2 aromatic rings. The molecule has 0 aliphatic carbocycles. The summed E-state index contributed by atoms with van der Waals surface area (Å²) in [5.41, 5.74) is 1.21. The average molecular weight is 384 g/mol. The molecule has 3 amide bonds. The predicted octanol–water partition coefficient (Wildman–Crippen LogP) is 1.98. The van der Waals surface area contributed by atoms with E-state index in [1.807, 2.05) is 30.3 Å². The van der Waals surface area contributed by atoms with Crippen LogP contribution in [-0.2, 0) is 16.1 Å². The number of nitrogens with one attached hydrogen (secondary N) is 1. The van der Waals surface area contributed by atoms with Crippen LogP contribution in [0.3, 0.4) is 0 Å². The van der Waals surface area contributed by atoms with E-state index < -0.39 is 24.5 Å². The summed E-state index contributed by atoms with van der Waals surface area (Å²) in [7, 11) is 1.47. The number of carbonyl (C=O) groups is 3. The van der Waals surface area contributed by atoms with Crippen molar-refractivity contribution in [3.05, 3.63) is 59.7 Å².